The SMILES string of the molecule is Cc1ccc(CSCCNC(=O)[C@H]2CCCN(S(=O)(=O)c3cccs3)C2)cc1. The first-order valence-electron chi connectivity index (χ1n) is 9.41. The Bertz CT molecular complexity index is 865. The summed E-state index contributed by atoms with van der Waals surface area (Å²) in [4.78, 5) is 12.5. The van der Waals surface area contributed by atoms with Gasteiger partial charge < -0.3 is 5.32 Å². The van der Waals surface area contributed by atoms with Gasteiger partial charge in [-0.1, -0.05) is 35.9 Å². The minimum Gasteiger partial charge on any atom is -0.355 e. The summed E-state index contributed by atoms with van der Waals surface area (Å²) < 4.78 is 27.2. The number of thioether (sulfide) groups is 1. The van der Waals surface area contributed by atoms with Gasteiger partial charge in [-0.25, -0.2) is 8.42 Å². The van der Waals surface area contributed by atoms with Crippen molar-refractivity contribution in [3.8, 4) is 0 Å². The fourth-order valence-corrected chi connectivity index (χ4v) is 6.66. The second-order valence-corrected chi connectivity index (χ2v) is 11.2. The molecule has 8 heteroatoms. The summed E-state index contributed by atoms with van der Waals surface area (Å²) in [5.41, 5.74) is 2.53. The number of aryl methyl sites for hydroxylation is 1. The summed E-state index contributed by atoms with van der Waals surface area (Å²) in [6.45, 7) is 3.42. The second kappa shape index (κ2) is 9.91. The third-order valence-corrected chi connectivity index (χ3v) is 9.05. The molecule has 3 rings (SSSR count). The standard InChI is InChI=1S/C20H26N2O3S3/c1-16-6-8-17(9-7-16)15-26-13-10-21-20(23)18-4-2-11-22(14-18)28(24,25)19-5-3-12-27-19/h3,5-9,12,18H,2,4,10-11,13-15H2,1H3,(H,21,23)/t18-/m0/s1. The molecule has 1 N–H and O–H groups in total. The first-order valence-corrected chi connectivity index (χ1v) is 12.9. The zero-order chi connectivity index (χ0) is 20.0. The van der Waals surface area contributed by atoms with Crippen LogP contribution in [0.15, 0.2) is 46.0 Å². The molecule has 0 saturated carbocycles. The molecule has 0 spiro atoms. The Balaban J connectivity index is 1.42. The molecule has 1 aromatic heterocycles. The molecule has 2 heterocycles. The molecular formula is C20H26N2O3S3. The van der Waals surface area contributed by atoms with Crippen molar-refractivity contribution in [1.29, 1.82) is 0 Å². The fourth-order valence-electron chi connectivity index (χ4n) is 3.18. The summed E-state index contributed by atoms with van der Waals surface area (Å²) >= 11 is 3.00. The van der Waals surface area contributed by atoms with Crippen LogP contribution in [0.2, 0.25) is 0 Å². The quantitative estimate of drug-likeness (QED) is 0.641. The average Bonchev–Trinajstić information content (AvgIpc) is 3.25. The number of rotatable bonds is 8. The molecule has 1 saturated heterocycles. The summed E-state index contributed by atoms with van der Waals surface area (Å²) in [6, 6.07) is 11.8. The van der Waals surface area contributed by atoms with Crippen molar-refractivity contribution < 1.29 is 13.2 Å². The molecule has 0 bridgehead atoms. The van der Waals surface area contributed by atoms with E-state index >= 15 is 0 Å². The van der Waals surface area contributed by atoms with Gasteiger partial charge in [-0.15, -0.1) is 11.3 Å². The highest BCUT2D eigenvalue weighted by Crippen LogP contribution is 2.26. The largest absolute Gasteiger partial charge is 0.355 e. The normalized spacial score (nSPS) is 18.1. The van der Waals surface area contributed by atoms with E-state index in [-0.39, 0.29) is 18.4 Å². The lowest BCUT2D eigenvalue weighted by atomic mass is 9.99. The molecule has 0 radical (unpaired) electrons. The molecule has 152 valence electrons. The topological polar surface area (TPSA) is 66.5 Å². The van der Waals surface area contributed by atoms with Crippen LogP contribution in [0.1, 0.15) is 24.0 Å². The van der Waals surface area contributed by atoms with E-state index in [1.807, 2.05) is 0 Å². The highest BCUT2D eigenvalue weighted by atomic mass is 32.2. The minimum absolute atomic E-state index is 0.0398. The van der Waals surface area contributed by atoms with E-state index in [0.29, 0.717) is 23.7 Å². The van der Waals surface area contributed by atoms with E-state index in [1.165, 1.54) is 26.8 Å². The van der Waals surface area contributed by atoms with Crippen molar-refractivity contribution in [2.45, 2.75) is 29.7 Å². The van der Waals surface area contributed by atoms with Crippen molar-refractivity contribution in [3.05, 3.63) is 52.9 Å². The highest BCUT2D eigenvalue weighted by Gasteiger charge is 2.33. The van der Waals surface area contributed by atoms with Crippen LogP contribution in [0, 0.1) is 12.8 Å². The first kappa shape index (κ1) is 21.4. The lowest BCUT2D eigenvalue weighted by molar-refractivity contribution is -0.125. The van der Waals surface area contributed by atoms with E-state index in [4.69, 9.17) is 0 Å². The van der Waals surface area contributed by atoms with E-state index in [1.54, 1.807) is 29.3 Å². The number of nitrogens with zero attached hydrogens (tertiary/aromatic N) is 1. The monoisotopic (exact) mass is 438 g/mol. The Hall–Kier alpha value is -1.35. The van der Waals surface area contributed by atoms with Crippen molar-refractivity contribution in [2.75, 3.05) is 25.4 Å². The van der Waals surface area contributed by atoms with Gasteiger partial charge >= 0.3 is 0 Å². The van der Waals surface area contributed by atoms with E-state index in [9.17, 15) is 13.2 Å². The predicted octanol–water partition coefficient (Wildman–Crippen LogP) is 3.51. The summed E-state index contributed by atoms with van der Waals surface area (Å²) in [5.74, 6) is 1.45. The first-order chi connectivity index (χ1) is 13.5. The summed E-state index contributed by atoms with van der Waals surface area (Å²) in [5, 5.41) is 4.74. The zero-order valence-corrected chi connectivity index (χ0v) is 18.4. The molecule has 2 aromatic rings. The van der Waals surface area contributed by atoms with E-state index < -0.39 is 10.0 Å². The molecule has 1 fully saturated rings. The van der Waals surface area contributed by atoms with Gasteiger partial charge in [-0.3, -0.25) is 4.79 Å². The van der Waals surface area contributed by atoms with Gasteiger partial charge in [-0.05, 0) is 36.8 Å². The number of thiophene rings is 1. The van der Waals surface area contributed by atoms with E-state index in [2.05, 4.69) is 36.5 Å². The third kappa shape index (κ3) is 5.59. The Morgan fingerprint density at radius 1 is 1.29 bits per heavy atom. The molecule has 1 aromatic carbocycles. The lowest BCUT2D eigenvalue weighted by Crippen LogP contribution is -2.45. The van der Waals surface area contributed by atoms with Gasteiger partial charge in [0.15, 0.2) is 0 Å². The number of amides is 1. The molecule has 1 atom stereocenters. The van der Waals surface area contributed by atoms with E-state index in [0.717, 1.165) is 17.9 Å². The van der Waals surface area contributed by atoms with Gasteiger partial charge in [0.05, 0.1) is 5.92 Å². The molecule has 1 aliphatic heterocycles. The molecule has 28 heavy (non-hydrogen) atoms. The van der Waals surface area contributed by atoms with Gasteiger partial charge in [0.1, 0.15) is 4.21 Å². The van der Waals surface area contributed by atoms with Crippen molar-refractivity contribution in [2.24, 2.45) is 5.92 Å². The zero-order valence-electron chi connectivity index (χ0n) is 16.0. The number of hydrogen-bond donors (Lipinski definition) is 1. The maximum Gasteiger partial charge on any atom is 0.252 e. The fraction of sp³-hybridized carbons (Fsp3) is 0.450. The van der Waals surface area contributed by atoms with Gasteiger partial charge in [-0.2, -0.15) is 16.1 Å². The maximum absolute atomic E-state index is 12.7. The number of carbonyl (C=O) groups is 1. The van der Waals surface area contributed by atoms with Crippen molar-refractivity contribution >= 4 is 39.0 Å². The smallest absolute Gasteiger partial charge is 0.252 e. The molecule has 5 nitrogen and oxygen atoms in total. The van der Waals surface area contributed by atoms with Crippen molar-refractivity contribution in [1.82, 2.24) is 9.62 Å². The summed E-state index contributed by atoms with van der Waals surface area (Å²) in [7, 11) is -3.48. The number of sulfonamides is 1. The second-order valence-electron chi connectivity index (χ2n) is 6.96. The van der Waals surface area contributed by atoms with Gasteiger partial charge in [0.2, 0.25) is 5.91 Å². The highest BCUT2D eigenvalue weighted by molar-refractivity contribution is 7.98. The Morgan fingerprint density at radius 3 is 2.79 bits per heavy atom. The Labute approximate surface area is 175 Å². The molecule has 0 unspecified atom stereocenters. The number of hydrogen-bond acceptors (Lipinski definition) is 5. The Morgan fingerprint density at radius 2 is 2.07 bits per heavy atom. The van der Waals surface area contributed by atoms with Gasteiger partial charge in [0, 0.05) is 31.1 Å². The average molecular weight is 439 g/mol. The number of piperidine rings is 1. The molecule has 1 amide bonds. The van der Waals surface area contributed by atoms with Crippen LogP contribution in [0.5, 0.6) is 0 Å². The lowest BCUT2D eigenvalue weighted by Gasteiger charge is -2.30. The molecule has 0 aliphatic carbocycles. The van der Waals surface area contributed by atoms with Crippen LogP contribution in [0.25, 0.3) is 0 Å². The van der Waals surface area contributed by atoms with Crippen molar-refractivity contribution in [3.63, 3.8) is 0 Å². The minimum atomic E-state index is -3.48. The maximum atomic E-state index is 12.7. The van der Waals surface area contributed by atoms with Crippen LogP contribution < -0.4 is 5.32 Å². The number of benzene rings is 1. The van der Waals surface area contributed by atoms with Crippen LogP contribution in [0.4, 0.5) is 0 Å². The van der Waals surface area contributed by atoms with Crippen LogP contribution in [-0.2, 0) is 20.6 Å². The molecule has 1 aliphatic rings. The number of carbonyl (C=O) groups excluding carboxylic acids is 1. The van der Waals surface area contributed by atoms with Crippen LogP contribution >= 0.6 is 23.1 Å². The Kier molecular flexibility index (Phi) is 7.56. The van der Waals surface area contributed by atoms with Crippen LogP contribution in [-0.4, -0.2) is 44.0 Å². The van der Waals surface area contributed by atoms with Crippen LogP contribution in [0.3, 0.4) is 0 Å². The molecular weight excluding hydrogens is 412 g/mol. The number of nitrogens with one attached hydrogen (secondary N) is 1. The third-order valence-electron chi connectivity index (χ3n) is 4.78. The predicted molar refractivity (Wildman–Crippen MR) is 116 cm³/mol. The van der Waals surface area contributed by atoms with Gasteiger partial charge in [0.25, 0.3) is 10.0 Å². The summed E-state index contributed by atoms with van der Waals surface area (Å²) in [6.07, 6.45) is 1.45.